The lowest BCUT2D eigenvalue weighted by Crippen LogP contribution is -1.96. The van der Waals surface area contributed by atoms with Gasteiger partial charge < -0.3 is 9.47 Å². The van der Waals surface area contributed by atoms with Gasteiger partial charge in [0.2, 0.25) is 0 Å². The molecule has 2 rings (SSSR count). The van der Waals surface area contributed by atoms with Crippen molar-refractivity contribution in [1.82, 2.24) is 0 Å². The highest BCUT2D eigenvalue weighted by molar-refractivity contribution is 9.10. The topological polar surface area (TPSA) is 18.5 Å². The lowest BCUT2D eigenvalue weighted by atomic mass is 10.1. The first-order valence-corrected chi connectivity index (χ1v) is 8.21. The maximum absolute atomic E-state index is 5.45. The van der Waals surface area contributed by atoms with Gasteiger partial charge in [0.05, 0.1) is 19.0 Å². The molecule has 1 atom stereocenters. The molecule has 0 aliphatic carbocycles. The van der Waals surface area contributed by atoms with E-state index in [2.05, 4.69) is 44.8 Å². The summed E-state index contributed by atoms with van der Waals surface area (Å²) in [6.45, 7) is 2.10. The van der Waals surface area contributed by atoms with Gasteiger partial charge in [0.15, 0.2) is 0 Å². The van der Waals surface area contributed by atoms with Crippen LogP contribution in [0.4, 0.5) is 0 Å². The lowest BCUT2D eigenvalue weighted by molar-refractivity contribution is 0.391. The molecule has 2 nitrogen and oxygen atoms in total. The normalized spacial score (nSPS) is 12.3. The molecule has 0 aliphatic heterocycles. The Labute approximate surface area is 134 Å². The average molecular weight is 406 g/mol. The number of alkyl halides is 1. The molecule has 2 aromatic rings. The summed E-state index contributed by atoms with van der Waals surface area (Å²) in [6, 6.07) is 8.02. The second kappa shape index (κ2) is 6.29. The molecule has 1 heterocycles. The van der Waals surface area contributed by atoms with Gasteiger partial charge in [-0.2, -0.15) is 0 Å². The lowest BCUT2D eigenvalue weighted by Gasteiger charge is -2.14. The summed E-state index contributed by atoms with van der Waals surface area (Å²) in [5.41, 5.74) is 1.09. The van der Waals surface area contributed by atoms with Crippen LogP contribution in [0.2, 0.25) is 0 Å². The van der Waals surface area contributed by atoms with Crippen LogP contribution in [0.5, 0.6) is 11.5 Å². The first kappa shape index (κ1) is 14.9. The fourth-order valence-electron chi connectivity index (χ4n) is 1.79. The molecule has 0 N–H and O–H groups in total. The van der Waals surface area contributed by atoms with Crippen LogP contribution in [0.3, 0.4) is 0 Å². The number of ether oxygens (including phenoxy) is 2. The predicted molar refractivity (Wildman–Crippen MR) is 87.1 cm³/mol. The van der Waals surface area contributed by atoms with Crippen molar-refractivity contribution < 1.29 is 9.47 Å². The van der Waals surface area contributed by atoms with E-state index < -0.39 is 0 Å². The second-order valence-electron chi connectivity index (χ2n) is 4.02. The zero-order valence-corrected chi connectivity index (χ0v) is 14.9. The van der Waals surface area contributed by atoms with Crippen LogP contribution in [0.15, 0.2) is 28.7 Å². The molecule has 1 aromatic heterocycles. The Morgan fingerprint density at radius 3 is 2.42 bits per heavy atom. The van der Waals surface area contributed by atoms with Crippen molar-refractivity contribution in [1.29, 1.82) is 0 Å². The summed E-state index contributed by atoms with van der Waals surface area (Å²) in [5, 5.41) is 0. The van der Waals surface area contributed by atoms with Gasteiger partial charge in [0, 0.05) is 25.9 Å². The van der Waals surface area contributed by atoms with E-state index in [1.165, 1.54) is 9.75 Å². The van der Waals surface area contributed by atoms with Gasteiger partial charge in [-0.15, -0.1) is 11.3 Å². The van der Waals surface area contributed by atoms with Gasteiger partial charge in [-0.3, -0.25) is 0 Å². The summed E-state index contributed by atoms with van der Waals surface area (Å²) in [4.78, 5) is 2.63. The van der Waals surface area contributed by atoms with E-state index in [0.717, 1.165) is 21.5 Å². The van der Waals surface area contributed by atoms with Crippen LogP contribution < -0.4 is 9.47 Å². The van der Waals surface area contributed by atoms with Crippen molar-refractivity contribution in [2.75, 3.05) is 14.2 Å². The highest BCUT2D eigenvalue weighted by Gasteiger charge is 2.18. The number of rotatable bonds is 4. The van der Waals surface area contributed by atoms with Crippen molar-refractivity contribution in [2.45, 2.75) is 11.8 Å². The first-order valence-electron chi connectivity index (χ1n) is 5.68. The number of hydrogen-bond donors (Lipinski definition) is 0. The standard InChI is InChI=1S/C14H14Br2O2S/c1-8-11(15)7-13(19-8)14(16)10-5-4-9(17-2)6-12(10)18-3/h4-7,14H,1-3H3. The van der Waals surface area contributed by atoms with Gasteiger partial charge in [0.25, 0.3) is 0 Å². The Hall–Kier alpha value is -0.520. The molecule has 102 valence electrons. The highest BCUT2D eigenvalue weighted by Crippen LogP contribution is 2.42. The molecular formula is C14H14Br2O2S. The minimum atomic E-state index is 0.114. The van der Waals surface area contributed by atoms with Crippen molar-refractivity contribution in [2.24, 2.45) is 0 Å². The maximum atomic E-state index is 5.45. The second-order valence-corrected chi connectivity index (χ2v) is 7.08. The zero-order chi connectivity index (χ0) is 14.0. The third-order valence-corrected chi connectivity index (χ3v) is 6.33. The van der Waals surface area contributed by atoms with Crippen LogP contribution in [-0.4, -0.2) is 14.2 Å². The van der Waals surface area contributed by atoms with E-state index in [9.17, 15) is 0 Å². The van der Waals surface area contributed by atoms with Crippen LogP contribution in [0, 0.1) is 6.92 Å². The van der Waals surface area contributed by atoms with Gasteiger partial charge in [-0.05, 0) is 35.0 Å². The molecule has 19 heavy (non-hydrogen) atoms. The molecule has 0 saturated heterocycles. The van der Waals surface area contributed by atoms with E-state index >= 15 is 0 Å². The van der Waals surface area contributed by atoms with Crippen LogP contribution in [0.25, 0.3) is 0 Å². The molecule has 1 aromatic carbocycles. The molecule has 0 amide bonds. The number of methoxy groups -OCH3 is 2. The highest BCUT2D eigenvalue weighted by atomic mass is 79.9. The fourth-order valence-corrected chi connectivity index (χ4v) is 4.14. The third-order valence-electron chi connectivity index (χ3n) is 2.84. The monoisotopic (exact) mass is 404 g/mol. The molecule has 1 unspecified atom stereocenters. The van der Waals surface area contributed by atoms with Gasteiger partial charge in [0.1, 0.15) is 11.5 Å². The molecule has 0 aliphatic rings. The van der Waals surface area contributed by atoms with Gasteiger partial charge in [-0.1, -0.05) is 22.0 Å². The van der Waals surface area contributed by atoms with Crippen molar-refractivity contribution in [3.63, 3.8) is 0 Å². The smallest absolute Gasteiger partial charge is 0.127 e. The quantitative estimate of drug-likeness (QED) is 0.640. The summed E-state index contributed by atoms with van der Waals surface area (Å²) >= 11 is 9.07. The fraction of sp³-hybridized carbons (Fsp3) is 0.286. The minimum Gasteiger partial charge on any atom is -0.497 e. The summed E-state index contributed by atoms with van der Waals surface area (Å²) in [5.74, 6) is 1.62. The largest absolute Gasteiger partial charge is 0.497 e. The zero-order valence-electron chi connectivity index (χ0n) is 10.9. The number of benzene rings is 1. The number of halogens is 2. The summed E-state index contributed by atoms with van der Waals surface area (Å²) < 4.78 is 11.8. The van der Waals surface area contributed by atoms with Crippen molar-refractivity contribution in [3.05, 3.63) is 44.1 Å². The Morgan fingerprint density at radius 2 is 1.89 bits per heavy atom. The average Bonchev–Trinajstić information content (AvgIpc) is 2.77. The van der Waals surface area contributed by atoms with E-state index in [-0.39, 0.29) is 4.83 Å². The maximum Gasteiger partial charge on any atom is 0.127 e. The van der Waals surface area contributed by atoms with E-state index in [1.54, 1.807) is 25.6 Å². The van der Waals surface area contributed by atoms with Gasteiger partial charge >= 0.3 is 0 Å². The molecule has 5 heteroatoms. The predicted octanol–water partition coefficient (Wildman–Crippen LogP) is 5.32. The van der Waals surface area contributed by atoms with E-state index in [0.29, 0.717) is 0 Å². The number of aryl methyl sites for hydroxylation is 1. The Bertz CT molecular complexity index is 561. The van der Waals surface area contributed by atoms with Crippen molar-refractivity contribution in [3.8, 4) is 11.5 Å². The SMILES string of the molecule is COc1ccc(C(Br)c2cc(Br)c(C)s2)c(OC)c1. The van der Waals surface area contributed by atoms with Crippen LogP contribution >= 0.6 is 43.2 Å². The van der Waals surface area contributed by atoms with Crippen LogP contribution in [0.1, 0.15) is 20.1 Å². The molecule has 0 spiro atoms. The number of hydrogen-bond acceptors (Lipinski definition) is 3. The molecule has 0 bridgehead atoms. The number of thiophene rings is 1. The van der Waals surface area contributed by atoms with Crippen molar-refractivity contribution >= 4 is 43.2 Å². The minimum absolute atomic E-state index is 0.114. The Kier molecular flexibility index (Phi) is 4.92. The summed E-state index contributed by atoms with van der Waals surface area (Å²) in [7, 11) is 3.33. The third kappa shape index (κ3) is 3.15. The van der Waals surface area contributed by atoms with Gasteiger partial charge in [-0.25, -0.2) is 0 Å². The first-order chi connectivity index (χ1) is 9.06. The molecule has 0 radical (unpaired) electrons. The molecule has 0 saturated carbocycles. The molecule has 0 fully saturated rings. The Balaban J connectivity index is 2.40. The van der Waals surface area contributed by atoms with Crippen LogP contribution in [-0.2, 0) is 0 Å². The van der Waals surface area contributed by atoms with E-state index in [4.69, 9.17) is 9.47 Å². The van der Waals surface area contributed by atoms with E-state index in [1.807, 2.05) is 18.2 Å². The Morgan fingerprint density at radius 1 is 1.16 bits per heavy atom. The molecular weight excluding hydrogens is 392 g/mol. The summed E-state index contributed by atoms with van der Waals surface area (Å²) in [6.07, 6.45) is 0.